The molecule has 2 aliphatic rings. The van der Waals surface area contributed by atoms with Crippen molar-refractivity contribution in [2.24, 2.45) is 4.99 Å². The van der Waals surface area contributed by atoms with Crippen LogP contribution in [-0.4, -0.2) is 36.2 Å². The Morgan fingerprint density at radius 3 is 2.69 bits per heavy atom. The zero-order chi connectivity index (χ0) is 24.9. The van der Waals surface area contributed by atoms with Crippen molar-refractivity contribution < 1.29 is 23.5 Å². The lowest BCUT2D eigenvalue weighted by atomic mass is 9.92. The Bertz CT molecular complexity index is 1240. The van der Waals surface area contributed by atoms with E-state index >= 15 is 0 Å². The zero-order valence-electron chi connectivity index (χ0n) is 19.7. The lowest BCUT2D eigenvalue weighted by Crippen LogP contribution is -2.38. The molecule has 4 rings (SSSR count). The molecule has 1 atom stereocenters. The number of hydrogen-bond acceptors (Lipinski definition) is 7. The lowest BCUT2D eigenvalue weighted by Gasteiger charge is -2.37. The molecule has 2 aromatic rings. The quantitative estimate of drug-likeness (QED) is 0.536. The first-order valence-electron chi connectivity index (χ1n) is 11.2. The Morgan fingerprint density at radius 2 is 1.97 bits per heavy atom. The average Bonchev–Trinajstić information content (AvgIpc) is 3.27. The number of halogens is 1. The number of thioether (sulfide) groups is 1. The molecular weight excluding hydrogens is 469 g/mol. The number of hydrogen-bond donors (Lipinski definition) is 1. The third-order valence-corrected chi connectivity index (χ3v) is 6.67. The summed E-state index contributed by atoms with van der Waals surface area (Å²) in [5, 5.41) is 5.39. The molecule has 0 bridgehead atoms. The van der Waals surface area contributed by atoms with Crippen LogP contribution in [0.1, 0.15) is 36.9 Å². The van der Waals surface area contributed by atoms with Crippen LogP contribution >= 0.6 is 11.8 Å². The highest BCUT2D eigenvalue weighted by molar-refractivity contribution is 8.16. The summed E-state index contributed by atoms with van der Waals surface area (Å²) in [6, 6.07) is 13.0. The van der Waals surface area contributed by atoms with Crippen LogP contribution in [0.15, 0.2) is 75.9 Å². The van der Waals surface area contributed by atoms with Crippen LogP contribution in [0.4, 0.5) is 4.39 Å². The van der Waals surface area contributed by atoms with Crippen LogP contribution in [0.5, 0.6) is 5.75 Å². The predicted octanol–water partition coefficient (Wildman–Crippen LogP) is 4.68. The van der Waals surface area contributed by atoms with Gasteiger partial charge in [-0.1, -0.05) is 49.0 Å². The number of ether oxygens (including phenoxy) is 2. The van der Waals surface area contributed by atoms with E-state index < -0.39 is 12.0 Å². The molecule has 0 aliphatic carbocycles. The van der Waals surface area contributed by atoms with Crippen LogP contribution in [0, 0.1) is 5.82 Å². The number of rotatable bonds is 8. The van der Waals surface area contributed by atoms with E-state index in [2.05, 4.69) is 5.32 Å². The first-order valence-corrected chi connectivity index (χ1v) is 12.0. The van der Waals surface area contributed by atoms with Crippen molar-refractivity contribution in [3.63, 3.8) is 0 Å². The standard InChI is InChI=1S/C26H26FN3O4S/c1-4-20-23(25(32)34-3)24(19-10-5-6-11-21(19)33-2)30-18(15-35-26(30)29-20)13-22(31)28-14-16-8-7-9-17(27)12-16/h5-12,15,24H,4,13-14H2,1-3H3,(H,28,31)/t24-/m1/s1. The van der Waals surface area contributed by atoms with Crippen molar-refractivity contribution in [2.75, 3.05) is 14.2 Å². The van der Waals surface area contributed by atoms with Gasteiger partial charge in [0.05, 0.1) is 38.0 Å². The Morgan fingerprint density at radius 1 is 1.17 bits per heavy atom. The van der Waals surface area contributed by atoms with E-state index in [-0.39, 0.29) is 24.7 Å². The van der Waals surface area contributed by atoms with Gasteiger partial charge in [-0.05, 0) is 35.6 Å². The van der Waals surface area contributed by atoms with Crippen molar-refractivity contribution in [3.8, 4) is 5.75 Å². The molecule has 2 aromatic carbocycles. The first kappa shape index (κ1) is 24.5. The lowest BCUT2D eigenvalue weighted by molar-refractivity contribution is -0.136. The SMILES string of the molecule is CCC1=C(C(=O)OC)[C@@H](c2ccccc2OC)N2C(CC(=O)NCc3cccc(F)c3)=CSC2=N1. The number of benzene rings is 2. The topological polar surface area (TPSA) is 80.2 Å². The summed E-state index contributed by atoms with van der Waals surface area (Å²) in [6.45, 7) is 2.15. The molecular formula is C26H26FN3O4S. The fraction of sp³-hybridized carbons (Fsp3) is 0.269. The number of nitrogens with one attached hydrogen (secondary N) is 1. The molecule has 1 amide bonds. The maximum absolute atomic E-state index is 13.5. The number of allylic oxidation sites excluding steroid dienone is 1. The average molecular weight is 496 g/mol. The van der Waals surface area contributed by atoms with Crippen molar-refractivity contribution >= 4 is 28.8 Å². The van der Waals surface area contributed by atoms with E-state index in [1.807, 2.05) is 41.5 Å². The van der Waals surface area contributed by atoms with E-state index in [1.54, 1.807) is 19.2 Å². The second-order valence-corrected chi connectivity index (χ2v) is 8.76. The van der Waals surface area contributed by atoms with Gasteiger partial charge in [0.15, 0.2) is 5.17 Å². The second-order valence-electron chi connectivity index (χ2n) is 7.92. The van der Waals surface area contributed by atoms with Gasteiger partial charge in [0.2, 0.25) is 5.91 Å². The van der Waals surface area contributed by atoms with Gasteiger partial charge in [0.25, 0.3) is 0 Å². The number of esters is 1. The summed E-state index contributed by atoms with van der Waals surface area (Å²) >= 11 is 1.40. The predicted molar refractivity (Wildman–Crippen MR) is 133 cm³/mol. The molecule has 7 nitrogen and oxygen atoms in total. The van der Waals surface area contributed by atoms with Gasteiger partial charge in [0.1, 0.15) is 11.6 Å². The number of amidine groups is 1. The minimum Gasteiger partial charge on any atom is -0.496 e. The van der Waals surface area contributed by atoms with Gasteiger partial charge in [-0.15, -0.1) is 0 Å². The van der Waals surface area contributed by atoms with Crippen molar-refractivity contribution in [3.05, 3.63) is 87.9 Å². The number of aliphatic imine (C=N–C) groups is 1. The number of carbonyl (C=O) groups excluding carboxylic acids is 2. The maximum atomic E-state index is 13.5. The normalized spacial score (nSPS) is 16.9. The minimum atomic E-state index is -0.571. The number of para-hydroxylation sites is 1. The summed E-state index contributed by atoms with van der Waals surface area (Å²) in [7, 11) is 2.92. The molecule has 0 fully saturated rings. The van der Waals surface area contributed by atoms with E-state index in [1.165, 1.54) is 31.0 Å². The highest BCUT2D eigenvalue weighted by atomic mass is 32.2. The van der Waals surface area contributed by atoms with Crippen LogP contribution < -0.4 is 10.1 Å². The zero-order valence-corrected chi connectivity index (χ0v) is 20.5. The van der Waals surface area contributed by atoms with E-state index in [0.717, 1.165) is 5.56 Å². The molecule has 9 heteroatoms. The van der Waals surface area contributed by atoms with Gasteiger partial charge < -0.3 is 19.7 Å². The molecule has 0 saturated heterocycles. The summed E-state index contributed by atoms with van der Waals surface area (Å²) in [6.07, 6.45) is 0.598. The molecule has 0 unspecified atom stereocenters. The van der Waals surface area contributed by atoms with Gasteiger partial charge in [-0.2, -0.15) is 0 Å². The Balaban J connectivity index is 1.65. The Kier molecular flexibility index (Phi) is 7.55. The third-order valence-electron chi connectivity index (χ3n) is 5.78. The van der Waals surface area contributed by atoms with Crippen LogP contribution in [-0.2, 0) is 20.9 Å². The van der Waals surface area contributed by atoms with Gasteiger partial charge in [-0.25, -0.2) is 14.2 Å². The molecule has 0 radical (unpaired) electrons. The van der Waals surface area contributed by atoms with E-state index in [4.69, 9.17) is 14.5 Å². The third kappa shape index (κ3) is 5.09. The number of fused-ring (bicyclic) bond motifs is 1. The molecule has 35 heavy (non-hydrogen) atoms. The summed E-state index contributed by atoms with van der Waals surface area (Å²) in [5.74, 6) is -0.449. The Labute approximate surface area is 207 Å². The second kappa shape index (κ2) is 10.8. The molecule has 1 N–H and O–H groups in total. The molecule has 0 saturated carbocycles. The first-order chi connectivity index (χ1) is 17.0. The smallest absolute Gasteiger partial charge is 0.338 e. The van der Waals surface area contributed by atoms with Crippen molar-refractivity contribution in [1.82, 2.24) is 10.2 Å². The van der Waals surface area contributed by atoms with E-state index in [9.17, 15) is 14.0 Å². The van der Waals surface area contributed by atoms with Crippen molar-refractivity contribution in [1.29, 1.82) is 0 Å². The monoisotopic (exact) mass is 495 g/mol. The fourth-order valence-corrected chi connectivity index (χ4v) is 5.11. The van der Waals surface area contributed by atoms with Crippen LogP contribution in [0.3, 0.4) is 0 Å². The highest BCUT2D eigenvalue weighted by Crippen LogP contribution is 2.47. The summed E-state index contributed by atoms with van der Waals surface area (Å²) < 4.78 is 24.2. The van der Waals surface area contributed by atoms with Gasteiger partial charge >= 0.3 is 5.97 Å². The van der Waals surface area contributed by atoms with Gasteiger partial charge in [-0.3, -0.25) is 4.79 Å². The molecule has 2 aliphatic heterocycles. The Hall–Kier alpha value is -3.59. The number of nitrogens with zero attached hydrogens (tertiary/aromatic N) is 2. The summed E-state index contributed by atoms with van der Waals surface area (Å²) in [5.41, 5.74) is 3.18. The van der Waals surface area contributed by atoms with Crippen molar-refractivity contribution in [2.45, 2.75) is 32.4 Å². The highest BCUT2D eigenvalue weighted by Gasteiger charge is 2.42. The molecule has 0 spiro atoms. The summed E-state index contributed by atoms with van der Waals surface area (Å²) in [4.78, 5) is 32.4. The number of carbonyl (C=O) groups is 2. The van der Waals surface area contributed by atoms with Crippen LogP contribution in [0.25, 0.3) is 0 Å². The molecule has 2 heterocycles. The molecule has 182 valence electrons. The molecule has 0 aromatic heterocycles. The van der Waals surface area contributed by atoms with Crippen LogP contribution in [0.2, 0.25) is 0 Å². The van der Waals surface area contributed by atoms with E-state index in [0.29, 0.717) is 39.9 Å². The fourth-order valence-electron chi connectivity index (χ4n) is 4.17. The number of methoxy groups -OCH3 is 2. The maximum Gasteiger partial charge on any atom is 0.338 e. The largest absolute Gasteiger partial charge is 0.496 e. The minimum absolute atomic E-state index is 0.0584. The van der Waals surface area contributed by atoms with Gasteiger partial charge in [0, 0.05) is 17.8 Å². The number of amides is 1.